The second kappa shape index (κ2) is 5.52. The molecule has 5 nitrogen and oxygen atoms in total. The van der Waals surface area contributed by atoms with E-state index in [4.69, 9.17) is 21.9 Å². The Morgan fingerprint density at radius 2 is 1.50 bits per heavy atom. The van der Waals surface area contributed by atoms with Crippen molar-refractivity contribution >= 4 is 60.2 Å². The van der Waals surface area contributed by atoms with Gasteiger partial charge in [0.15, 0.2) is 0 Å². The zero-order valence-corrected chi connectivity index (χ0v) is 15.6. The molecule has 3 aromatic rings. The van der Waals surface area contributed by atoms with E-state index in [1.54, 1.807) is 0 Å². The van der Waals surface area contributed by atoms with E-state index in [9.17, 15) is 0 Å². The normalized spacial score (nSPS) is 12.3. The molecule has 0 aromatic heterocycles. The van der Waals surface area contributed by atoms with E-state index >= 15 is 0 Å². The van der Waals surface area contributed by atoms with Crippen LogP contribution in [-0.4, -0.2) is 22.5 Å². The maximum atomic E-state index is 6.15. The van der Waals surface area contributed by atoms with Crippen molar-refractivity contribution in [1.82, 2.24) is 0 Å². The van der Waals surface area contributed by atoms with E-state index in [0.717, 1.165) is 43.5 Å². The van der Waals surface area contributed by atoms with Crippen LogP contribution in [0.4, 0.5) is 34.1 Å². The predicted molar refractivity (Wildman–Crippen MR) is 99.8 cm³/mol. The standard InChI is InChI=1S/C18H15N4O.Sn/c19-11-1-5-14(6-2-11)22-15-7-3-13(21)10-18(15)23-17-8-4-12(20)9-16(17)22;/h1-8,10H,19-21H2;. The van der Waals surface area contributed by atoms with Crippen molar-refractivity contribution in [2.75, 3.05) is 22.1 Å². The summed E-state index contributed by atoms with van der Waals surface area (Å²) in [4.78, 5) is 2.15. The van der Waals surface area contributed by atoms with Crippen molar-refractivity contribution in [2.45, 2.75) is 0 Å². The first kappa shape index (κ1) is 15.0. The van der Waals surface area contributed by atoms with Gasteiger partial charge in [0, 0.05) is 0 Å². The number of hydrogen-bond donors (Lipinski definition) is 3. The average Bonchev–Trinajstić information content (AvgIpc) is 2.57. The summed E-state index contributed by atoms with van der Waals surface area (Å²) in [6.45, 7) is 0. The summed E-state index contributed by atoms with van der Waals surface area (Å²) in [7, 11) is 0. The van der Waals surface area contributed by atoms with Gasteiger partial charge in [-0.15, -0.1) is 0 Å². The third kappa shape index (κ3) is 2.32. The molecule has 6 heteroatoms. The number of nitrogen functional groups attached to an aromatic ring is 3. The average molecular weight is 422 g/mol. The van der Waals surface area contributed by atoms with Crippen LogP contribution in [0.25, 0.3) is 0 Å². The summed E-state index contributed by atoms with van der Waals surface area (Å²) in [6, 6.07) is 17.2. The molecule has 0 saturated carbocycles. The first-order valence-corrected chi connectivity index (χ1v) is 8.84. The van der Waals surface area contributed by atoms with Gasteiger partial charge in [0.2, 0.25) is 0 Å². The van der Waals surface area contributed by atoms with Crippen LogP contribution in [0.5, 0.6) is 11.5 Å². The van der Waals surface area contributed by atoms with Crippen LogP contribution >= 0.6 is 0 Å². The minimum absolute atomic E-state index is 0.660. The summed E-state index contributed by atoms with van der Waals surface area (Å²) in [5.41, 5.74) is 23.0. The molecule has 0 saturated heterocycles. The summed E-state index contributed by atoms with van der Waals surface area (Å²) in [6.07, 6.45) is 0. The SMILES string of the molecule is Nc1ccc(N2c3ccc(N)cc3Oc3ccc(N)[c]([Sn])c32)cc1. The van der Waals surface area contributed by atoms with Crippen LogP contribution in [0.15, 0.2) is 54.6 Å². The summed E-state index contributed by atoms with van der Waals surface area (Å²) < 4.78 is 7.14. The Labute approximate surface area is 153 Å². The van der Waals surface area contributed by atoms with Gasteiger partial charge in [-0.2, -0.15) is 0 Å². The summed E-state index contributed by atoms with van der Waals surface area (Å²) >= 11 is 1.22. The first-order chi connectivity index (χ1) is 11.5. The van der Waals surface area contributed by atoms with E-state index in [1.165, 1.54) is 22.5 Å². The van der Waals surface area contributed by atoms with Crippen molar-refractivity contribution in [3.05, 3.63) is 54.6 Å². The van der Waals surface area contributed by atoms with E-state index in [0.29, 0.717) is 5.69 Å². The van der Waals surface area contributed by atoms with E-state index in [2.05, 4.69) is 4.90 Å². The molecule has 24 heavy (non-hydrogen) atoms. The third-order valence-electron chi connectivity index (χ3n) is 3.99. The van der Waals surface area contributed by atoms with Crippen molar-refractivity contribution in [3.63, 3.8) is 0 Å². The van der Waals surface area contributed by atoms with Gasteiger partial charge < -0.3 is 0 Å². The van der Waals surface area contributed by atoms with Crippen LogP contribution in [0.3, 0.4) is 0 Å². The number of nitrogens with two attached hydrogens (primary N) is 3. The first-order valence-electron chi connectivity index (χ1n) is 7.42. The molecule has 3 aromatic carbocycles. The monoisotopic (exact) mass is 423 g/mol. The molecule has 0 bridgehead atoms. The maximum absolute atomic E-state index is 6.15. The summed E-state index contributed by atoms with van der Waals surface area (Å²) in [5, 5.41) is 0. The zero-order valence-electron chi connectivity index (χ0n) is 12.8. The molecule has 0 fully saturated rings. The van der Waals surface area contributed by atoms with Gasteiger partial charge in [-0.25, -0.2) is 0 Å². The molecule has 0 aliphatic carbocycles. The van der Waals surface area contributed by atoms with Gasteiger partial charge >= 0.3 is 153 Å². The molecule has 117 valence electrons. The number of anilines is 6. The number of fused-ring (bicyclic) bond motifs is 2. The topological polar surface area (TPSA) is 90.5 Å². The quantitative estimate of drug-likeness (QED) is 0.324. The molecule has 0 atom stereocenters. The zero-order chi connectivity index (χ0) is 16.8. The van der Waals surface area contributed by atoms with Crippen LogP contribution in [0, 0.1) is 0 Å². The fraction of sp³-hybridized carbons (Fsp3) is 0. The van der Waals surface area contributed by atoms with Gasteiger partial charge in [-0.3, -0.25) is 0 Å². The second-order valence-electron chi connectivity index (χ2n) is 5.63. The number of nitrogens with zero attached hydrogens (tertiary/aromatic N) is 1. The van der Waals surface area contributed by atoms with Gasteiger partial charge in [0.25, 0.3) is 0 Å². The molecule has 1 aliphatic rings. The van der Waals surface area contributed by atoms with Crippen molar-refractivity contribution < 1.29 is 4.74 Å². The Hall–Kier alpha value is -2.54. The minimum atomic E-state index is 0.660. The Morgan fingerprint density at radius 3 is 2.25 bits per heavy atom. The molecule has 3 radical (unpaired) electrons. The molecule has 0 unspecified atom stereocenters. The van der Waals surface area contributed by atoms with E-state index in [1.807, 2.05) is 54.6 Å². The predicted octanol–water partition coefficient (Wildman–Crippen LogP) is 2.80. The Bertz CT molecular complexity index is 940. The number of hydrogen-bond acceptors (Lipinski definition) is 5. The van der Waals surface area contributed by atoms with Gasteiger partial charge in [-0.1, -0.05) is 0 Å². The molecular weight excluding hydrogens is 407 g/mol. The number of benzene rings is 3. The van der Waals surface area contributed by atoms with Gasteiger partial charge in [-0.05, 0) is 0 Å². The molecule has 4 rings (SSSR count). The molecule has 1 aliphatic heterocycles. The van der Waals surface area contributed by atoms with Crippen molar-refractivity contribution in [2.24, 2.45) is 0 Å². The summed E-state index contributed by atoms with van der Waals surface area (Å²) in [5.74, 6) is 1.49. The molecule has 6 N–H and O–H groups in total. The van der Waals surface area contributed by atoms with Gasteiger partial charge in [0.05, 0.1) is 0 Å². The molecule has 1 heterocycles. The van der Waals surface area contributed by atoms with E-state index in [-0.39, 0.29) is 0 Å². The number of rotatable bonds is 1. The van der Waals surface area contributed by atoms with Crippen LogP contribution in [0.1, 0.15) is 0 Å². The van der Waals surface area contributed by atoms with E-state index < -0.39 is 0 Å². The molecular formula is C18H15N4OSn. The van der Waals surface area contributed by atoms with Gasteiger partial charge in [0.1, 0.15) is 0 Å². The molecule has 0 spiro atoms. The Morgan fingerprint density at radius 1 is 0.792 bits per heavy atom. The van der Waals surface area contributed by atoms with Crippen LogP contribution in [0.2, 0.25) is 0 Å². The van der Waals surface area contributed by atoms with Crippen LogP contribution in [-0.2, 0) is 0 Å². The Balaban J connectivity index is 2.00. The fourth-order valence-electron chi connectivity index (χ4n) is 2.82. The Kier molecular flexibility index (Phi) is 3.45. The fourth-order valence-corrected chi connectivity index (χ4v) is 3.73. The van der Waals surface area contributed by atoms with Crippen molar-refractivity contribution in [3.8, 4) is 11.5 Å². The van der Waals surface area contributed by atoms with Crippen LogP contribution < -0.4 is 30.4 Å². The van der Waals surface area contributed by atoms with Crippen molar-refractivity contribution in [1.29, 1.82) is 0 Å². The molecule has 0 amide bonds. The third-order valence-corrected chi connectivity index (χ3v) is 5.49. The second-order valence-corrected chi connectivity index (χ2v) is 7.06. The number of ether oxygens (including phenoxy) is 1.